The molecule has 4 heterocycles. The minimum atomic E-state index is -0.656. The first-order valence-corrected chi connectivity index (χ1v) is 19.4. The van der Waals surface area contributed by atoms with E-state index in [2.05, 4.69) is 33.7 Å². The number of nitrogens with zero attached hydrogens (tertiary/aromatic N) is 4. The van der Waals surface area contributed by atoms with E-state index < -0.39 is 23.9 Å². The molecule has 0 aliphatic carbocycles. The van der Waals surface area contributed by atoms with Crippen molar-refractivity contribution in [2.45, 2.75) is 95.5 Å². The van der Waals surface area contributed by atoms with Gasteiger partial charge in [-0.3, -0.25) is 9.59 Å². The molecule has 4 aliphatic rings. The summed E-state index contributed by atoms with van der Waals surface area (Å²) in [4.78, 5) is 42.3. The summed E-state index contributed by atoms with van der Waals surface area (Å²) in [6.45, 7) is 12.5. The molecular weight excluding hydrogens is 716 g/mol. The lowest BCUT2D eigenvalue weighted by Crippen LogP contribution is -2.50. The van der Waals surface area contributed by atoms with Gasteiger partial charge in [-0.1, -0.05) is 35.8 Å². The van der Waals surface area contributed by atoms with Gasteiger partial charge in [-0.2, -0.15) is 0 Å². The number of likely N-dealkylation sites (tertiary alicyclic amines) is 1. The summed E-state index contributed by atoms with van der Waals surface area (Å²) < 4.78 is 39.2. The smallest absolute Gasteiger partial charge is 0.410 e. The van der Waals surface area contributed by atoms with Gasteiger partial charge in [-0.15, -0.1) is 0 Å². The first-order chi connectivity index (χ1) is 26.5. The highest BCUT2D eigenvalue weighted by Gasteiger charge is 2.55. The minimum absolute atomic E-state index is 0.00362. The molecule has 0 radical (unpaired) electrons. The molecule has 0 aromatic rings. The summed E-state index contributed by atoms with van der Waals surface area (Å²) in [5.74, 6) is -0.571. The molecule has 4 rings (SSSR count). The number of ether oxygens (including phenoxy) is 7. The molecule has 0 aromatic carbocycles. The Morgan fingerprint density at radius 1 is 1.11 bits per heavy atom. The molecule has 3 amide bonds. The Labute approximate surface area is 323 Å². The first kappa shape index (κ1) is 44.2. The number of carbonyl (C=O) groups is 3. The van der Waals surface area contributed by atoms with Crippen LogP contribution in [0.5, 0.6) is 0 Å². The maximum Gasteiger partial charge on any atom is 0.410 e. The zero-order valence-electron chi connectivity index (χ0n) is 32.6. The van der Waals surface area contributed by atoms with Crippen molar-refractivity contribution in [3.05, 3.63) is 46.4 Å². The fourth-order valence-electron chi connectivity index (χ4n) is 6.75. The van der Waals surface area contributed by atoms with Crippen LogP contribution in [0.4, 0.5) is 4.79 Å². The van der Waals surface area contributed by atoms with Crippen molar-refractivity contribution in [2.24, 2.45) is 17.0 Å². The molecule has 17 nitrogen and oxygen atoms in total. The molecule has 0 bridgehead atoms. The van der Waals surface area contributed by atoms with Gasteiger partial charge in [0.25, 0.3) is 0 Å². The topological polar surface area (TPSA) is 215 Å². The number of allylic oxidation sites excluding steroid dienone is 2. The summed E-state index contributed by atoms with van der Waals surface area (Å²) in [6, 6.07) is -0.166. The third-order valence-corrected chi connectivity index (χ3v) is 10.3. The molecular formula is C38H60N6O11. The number of hydrogen-bond acceptors (Lipinski definition) is 12. The van der Waals surface area contributed by atoms with Gasteiger partial charge in [0.15, 0.2) is 0 Å². The molecule has 3 N–H and O–H groups in total. The van der Waals surface area contributed by atoms with E-state index in [9.17, 15) is 19.5 Å². The van der Waals surface area contributed by atoms with E-state index in [4.69, 9.17) is 38.7 Å². The van der Waals surface area contributed by atoms with Crippen LogP contribution in [-0.4, -0.2) is 149 Å². The molecule has 9 atom stereocenters. The molecule has 4 fully saturated rings. The third-order valence-electron chi connectivity index (χ3n) is 10.3. The number of aliphatic hydroxyl groups is 1. The van der Waals surface area contributed by atoms with Gasteiger partial charge in [-0.25, -0.2) is 4.79 Å². The SMILES string of the molecule is CC(/C=C/C1OCC[C@@]2(CO2)[C@@H]1O)=C\C[C@@H]1O[C@H](C)[C@H](NC(=O)/C=C\[C@H](C)OC(=O)N2CC[C@@H](C(=O)NCCOCCOCCOCCN=[N+]=[N-])C2)C[C@@H]1C. The summed E-state index contributed by atoms with van der Waals surface area (Å²) in [6.07, 6.45) is 9.25. The van der Waals surface area contributed by atoms with Crippen LogP contribution >= 0.6 is 0 Å². The Balaban J connectivity index is 1.05. The average molecular weight is 777 g/mol. The van der Waals surface area contributed by atoms with Crippen LogP contribution < -0.4 is 10.6 Å². The average Bonchev–Trinajstić information content (AvgIpc) is 3.76. The van der Waals surface area contributed by atoms with E-state index in [0.717, 1.165) is 24.8 Å². The fourth-order valence-corrected chi connectivity index (χ4v) is 6.75. The maximum atomic E-state index is 12.8. The molecule has 308 valence electrons. The summed E-state index contributed by atoms with van der Waals surface area (Å²) >= 11 is 0. The van der Waals surface area contributed by atoms with Gasteiger partial charge >= 0.3 is 6.09 Å². The van der Waals surface area contributed by atoms with Gasteiger partial charge < -0.3 is 53.8 Å². The Hall–Kier alpha value is -3.54. The van der Waals surface area contributed by atoms with Crippen molar-refractivity contribution >= 4 is 17.9 Å². The van der Waals surface area contributed by atoms with Gasteiger partial charge in [0.1, 0.15) is 23.9 Å². The summed E-state index contributed by atoms with van der Waals surface area (Å²) in [5, 5.41) is 19.8. The zero-order chi connectivity index (χ0) is 39.6. The second kappa shape index (κ2) is 22.9. The largest absolute Gasteiger partial charge is 0.442 e. The van der Waals surface area contributed by atoms with E-state index in [1.165, 1.54) is 17.1 Å². The van der Waals surface area contributed by atoms with Crippen molar-refractivity contribution in [1.82, 2.24) is 15.5 Å². The molecule has 1 spiro atoms. The molecule has 55 heavy (non-hydrogen) atoms. The van der Waals surface area contributed by atoms with E-state index in [-0.39, 0.29) is 61.1 Å². The maximum absolute atomic E-state index is 12.8. The molecule has 17 heteroatoms. The van der Waals surface area contributed by atoms with Crippen molar-refractivity contribution in [1.29, 1.82) is 0 Å². The molecule has 4 aliphatic heterocycles. The van der Waals surface area contributed by atoms with E-state index in [0.29, 0.717) is 72.4 Å². The van der Waals surface area contributed by atoms with Crippen molar-refractivity contribution in [2.75, 3.05) is 79.0 Å². The molecule has 0 aromatic heterocycles. The minimum Gasteiger partial charge on any atom is -0.442 e. The van der Waals surface area contributed by atoms with Gasteiger partial charge in [0, 0.05) is 43.6 Å². The molecule has 4 saturated heterocycles. The predicted molar refractivity (Wildman–Crippen MR) is 201 cm³/mol. The monoisotopic (exact) mass is 776 g/mol. The van der Waals surface area contributed by atoms with Crippen molar-refractivity contribution < 1.29 is 52.6 Å². The van der Waals surface area contributed by atoms with Crippen LogP contribution in [0.25, 0.3) is 10.4 Å². The lowest BCUT2D eigenvalue weighted by molar-refractivity contribution is -0.125. The van der Waals surface area contributed by atoms with E-state index in [1.807, 2.05) is 26.0 Å². The van der Waals surface area contributed by atoms with Gasteiger partial charge in [0.2, 0.25) is 11.8 Å². The van der Waals surface area contributed by atoms with Crippen LogP contribution in [0, 0.1) is 11.8 Å². The third kappa shape index (κ3) is 14.8. The summed E-state index contributed by atoms with van der Waals surface area (Å²) in [7, 11) is 0. The Morgan fingerprint density at radius 2 is 1.84 bits per heavy atom. The number of rotatable bonds is 21. The van der Waals surface area contributed by atoms with E-state index >= 15 is 0 Å². The van der Waals surface area contributed by atoms with E-state index in [1.54, 1.807) is 6.92 Å². The fraction of sp³-hybridized carbons (Fsp3) is 0.763. The highest BCUT2D eigenvalue weighted by molar-refractivity contribution is 5.88. The van der Waals surface area contributed by atoms with Gasteiger partial charge in [0.05, 0.1) is 77.0 Å². The van der Waals surface area contributed by atoms with Crippen molar-refractivity contribution in [3.63, 3.8) is 0 Å². The number of azide groups is 1. The van der Waals surface area contributed by atoms with Crippen LogP contribution in [0.15, 0.2) is 41.1 Å². The molecule has 0 saturated carbocycles. The Bertz CT molecular complexity index is 1380. The van der Waals surface area contributed by atoms with Crippen LogP contribution in [-0.2, 0) is 42.7 Å². The number of hydrogen-bond donors (Lipinski definition) is 3. The van der Waals surface area contributed by atoms with Crippen molar-refractivity contribution in [3.8, 4) is 0 Å². The lowest BCUT2D eigenvalue weighted by Gasteiger charge is -2.39. The Morgan fingerprint density at radius 3 is 2.56 bits per heavy atom. The number of carbonyl (C=O) groups excluding carboxylic acids is 3. The lowest BCUT2D eigenvalue weighted by atomic mass is 9.88. The normalized spacial score (nSPS) is 30.0. The number of epoxide rings is 1. The second-order valence-electron chi connectivity index (χ2n) is 14.6. The highest BCUT2D eigenvalue weighted by Crippen LogP contribution is 2.40. The number of aliphatic hydroxyl groups excluding tert-OH is 1. The van der Waals surface area contributed by atoms with Gasteiger partial charge in [-0.05, 0) is 57.6 Å². The van der Waals surface area contributed by atoms with Crippen LogP contribution in [0.3, 0.4) is 0 Å². The highest BCUT2D eigenvalue weighted by atomic mass is 16.6. The quantitative estimate of drug-likeness (QED) is 0.0293. The Kier molecular flexibility index (Phi) is 18.4. The first-order valence-electron chi connectivity index (χ1n) is 19.4. The predicted octanol–water partition coefficient (Wildman–Crippen LogP) is 2.98. The van der Waals surface area contributed by atoms with Crippen LogP contribution in [0.2, 0.25) is 0 Å². The number of nitrogens with one attached hydrogen (secondary N) is 2. The second-order valence-corrected chi connectivity index (χ2v) is 14.6. The number of amides is 3. The summed E-state index contributed by atoms with van der Waals surface area (Å²) in [5.41, 5.74) is 8.83. The standard InChI is InChI=1S/C38H60N6O11/c1-26(6-9-33-35(46)38(25-53-38)12-16-52-33)5-8-32-27(2)23-31(29(4)55-32)42-34(45)10-7-28(3)54-37(48)44-15-11-30(24-44)36(47)40-13-17-49-19-21-51-22-20-50-18-14-41-43-39/h5-7,9-10,27-33,35,46H,8,11-25H2,1-4H3,(H,40,47)(H,42,45)/b9-6+,10-7-,26-5+/t27-,28-,29+,30+,31+,32-,33?,35+,38+/m0/s1. The zero-order valence-corrected chi connectivity index (χ0v) is 32.6. The van der Waals surface area contributed by atoms with Crippen LogP contribution in [0.1, 0.15) is 53.4 Å². The molecule has 1 unspecified atom stereocenters.